The van der Waals surface area contributed by atoms with Crippen LogP contribution in [-0.2, 0) is 16.1 Å². The van der Waals surface area contributed by atoms with E-state index in [-0.39, 0.29) is 29.9 Å². The molecule has 1 amide bonds. The second-order valence-electron chi connectivity index (χ2n) is 8.31. The largest absolute Gasteiger partial charge is 0.385 e. The lowest BCUT2D eigenvalue weighted by atomic mass is 9.67. The number of nitrogens with zero attached hydrogens (tertiary/aromatic N) is 2. The summed E-state index contributed by atoms with van der Waals surface area (Å²) in [6, 6.07) is 8.25. The third-order valence-electron chi connectivity index (χ3n) is 6.22. The van der Waals surface area contributed by atoms with Gasteiger partial charge in [0.25, 0.3) is 0 Å². The van der Waals surface area contributed by atoms with Crippen molar-refractivity contribution in [3.05, 3.63) is 29.8 Å². The summed E-state index contributed by atoms with van der Waals surface area (Å²) in [4.78, 5) is 18.8. The van der Waals surface area contributed by atoms with Crippen molar-refractivity contribution < 1.29 is 9.53 Å². The maximum absolute atomic E-state index is 12.1. The Labute approximate surface area is 198 Å². The molecule has 1 aliphatic heterocycles. The number of carbonyl (C=O) groups is 1. The van der Waals surface area contributed by atoms with Gasteiger partial charge in [-0.05, 0) is 62.1 Å². The number of amides is 1. The predicted molar refractivity (Wildman–Crippen MR) is 134 cm³/mol. The Morgan fingerprint density at radius 1 is 1.17 bits per heavy atom. The molecule has 1 aromatic carbocycles. The zero-order valence-corrected chi connectivity index (χ0v) is 20.7. The second kappa shape index (κ2) is 12.5. The van der Waals surface area contributed by atoms with E-state index in [1.807, 2.05) is 17.0 Å². The van der Waals surface area contributed by atoms with Gasteiger partial charge >= 0.3 is 0 Å². The quantitative estimate of drug-likeness (QED) is 0.288. The van der Waals surface area contributed by atoms with Crippen molar-refractivity contribution in [1.29, 1.82) is 0 Å². The van der Waals surface area contributed by atoms with E-state index in [9.17, 15) is 4.79 Å². The number of rotatable bonds is 9. The number of methoxy groups -OCH3 is 1. The number of anilines is 1. The molecule has 0 atom stereocenters. The lowest BCUT2D eigenvalue weighted by Gasteiger charge is -2.42. The number of ether oxygens (including phenoxy) is 1. The van der Waals surface area contributed by atoms with Gasteiger partial charge in [0.05, 0.1) is 6.54 Å². The molecule has 30 heavy (non-hydrogen) atoms. The SMILES string of the molecule is CCNC(=NCc1ccc(N2CCCCC2=O)cc1)NCC1(CCOC)CCC1.I. The summed E-state index contributed by atoms with van der Waals surface area (Å²) in [7, 11) is 1.78. The average molecular weight is 528 g/mol. The molecule has 7 heteroatoms. The molecule has 0 aromatic heterocycles. The molecule has 0 spiro atoms. The fraction of sp³-hybridized carbons (Fsp3) is 0.652. The van der Waals surface area contributed by atoms with E-state index >= 15 is 0 Å². The maximum atomic E-state index is 12.1. The van der Waals surface area contributed by atoms with Crippen molar-refractivity contribution in [3.8, 4) is 0 Å². The maximum Gasteiger partial charge on any atom is 0.226 e. The van der Waals surface area contributed by atoms with Gasteiger partial charge in [-0.25, -0.2) is 4.99 Å². The number of guanidine groups is 1. The van der Waals surface area contributed by atoms with Crippen LogP contribution in [0.15, 0.2) is 29.3 Å². The van der Waals surface area contributed by atoms with Crippen LogP contribution in [0.1, 0.15) is 57.4 Å². The van der Waals surface area contributed by atoms with Crippen molar-refractivity contribution in [2.45, 2.75) is 58.4 Å². The zero-order chi connectivity index (χ0) is 20.5. The van der Waals surface area contributed by atoms with Gasteiger partial charge < -0.3 is 20.3 Å². The summed E-state index contributed by atoms with van der Waals surface area (Å²) in [6.45, 7) is 6.14. The monoisotopic (exact) mass is 528 g/mol. The van der Waals surface area contributed by atoms with Crippen LogP contribution in [0.3, 0.4) is 0 Å². The van der Waals surface area contributed by atoms with E-state index in [1.54, 1.807) is 7.11 Å². The fourth-order valence-corrected chi connectivity index (χ4v) is 4.15. The van der Waals surface area contributed by atoms with Gasteiger partial charge in [-0.1, -0.05) is 18.6 Å². The molecule has 0 unspecified atom stereocenters. The molecule has 1 aliphatic carbocycles. The van der Waals surface area contributed by atoms with Crippen molar-refractivity contribution in [3.63, 3.8) is 0 Å². The van der Waals surface area contributed by atoms with Crippen LogP contribution < -0.4 is 15.5 Å². The Morgan fingerprint density at radius 2 is 1.93 bits per heavy atom. The summed E-state index contributed by atoms with van der Waals surface area (Å²) in [5.74, 6) is 1.10. The summed E-state index contributed by atoms with van der Waals surface area (Å²) >= 11 is 0. The molecule has 1 saturated heterocycles. The Balaban J connectivity index is 0.00000320. The summed E-state index contributed by atoms with van der Waals surface area (Å²) in [5.41, 5.74) is 2.50. The first-order valence-electron chi connectivity index (χ1n) is 11.1. The molecular weight excluding hydrogens is 491 g/mol. The van der Waals surface area contributed by atoms with Crippen LogP contribution >= 0.6 is 24.0 Å². The Kier molecular flexibility index (Phi) is 10.4. The van der Waals surface area contributed by atoms with Gasteiger partial charge in [-0.15, -0.1) is 24.0 Å². The highest BCUT2D eigenvalue weighted by Gasteiger charge is 2.36. The van der Waals surface area contributed by atoms with E-state index in [2.05, 4.69) is 29.7 Å². The van der Waals surface area contributed by atoms with Gasteiger partial charge in [-0.3, -0.25) is 4.79 Å². The van der Waals surface area contributed by atoms with Crippen molar-refractivity contribution in [2.75, 3.05) is 38.3 Å². The van der Waals surface area contributed by atoms with Crippen LogP contribution in [0.2, 0.25) is 0 Å². The number of carbonyl (C=O) groups excluding carboxylic acids is 1. The van der Waals surface area contributed by atoms with Gasteiger partial charge in [0.1, 0.15) is 0 Å². The molecule has 168 valence electrons. The van der Waals surface area contributed by atoms with Gasteiger partial charge in [0.2, 0.25) is 5.91 Å². The molecule has 2 fully saturated rings. The molecular formula is C23H37IN4O2. The Bertz CT molecular complexity index is 689. The van der Waals surface area contributed by atoms with Gasteiger partial charge in [0, 0.05) is 45.5 Å². The lowest BCUT2D eigenvalue weighted by Crippen LogP contribution is -2.46. The molecule has 0 radical (unpaired) electrons. The minimum atomic E-state index is 0. The van der Waals surface area contributed by atoms with Crippen LogP contribution in [-0.4, -0.2) is 45.2 Å². The second-order valence-corrected chi connectivity index (χ2v) is 8.31. The highest BCUT2D eigenvalue weighted by Crippen LogP contribution is 2.43. The zero-order valence-electron chi connectivity index (χ0n) is 18.4. The fourth-order valence-electron chi connectivity index (χ4n) is 4.15. The lowest BCUT2D eigenvalue weighted by molar-refractivity contribution is -0.119. The number of piperidine rings is 1. The van der Waals surface area contributed by atoms with Crippen LogP contribution in [0.25, 0.3) is 0 Å². The van der Waals surface area contributed by atoms with Crippen LogP contribution in [0.4, 0.5) is 5.69 Å². The Morgan fingerprint density at radius 3 is 2.53 bits per heavy atom. The van der Waals surface area contributed by atoms with Crippen molar-refractivity contribution >= 4 is 41.5 Å². The van der Waals surface area contributed by atoms with Gasteiger partial charge in [0.15, 0.2) is 5.96 Å². The minimum absolute atomic E-state index is 0. The highest BCUT2D eigenvalue weighted by molar-refractivity contribution is 14.0. The topological polar surface area (TPSA) is 66.0 Å². The summed E-state index contributed by atoms with van der Waals surface area (Å²) in [5, 5.41) is 6.90. The smallest absolute Gasteiger partial charge is 0.226 e. The number of hydrogen-bond acceptors (Lipinski definition) is 3. The normalized spacial score (nSPS) is 18.4. The molecule has 2 aliphatic rings. The van der Waals surface area contributed by atoms with Crippen LogP contribution in [0.5, 0.6) is 0 Å². The summed E-state index contributed by atoms with van der Waals surface area (Å²) in [6.07, 6.45) is 7.70. The number of hydrogen-bond donors (Lipinski definition) is 2. The summed E-state index contributed by atoms with van der Waals surface area (Å²) < 4.78 is 5.29. The van der Waals surface area contributed by atoms with Crippen molar-refractivity contribution in [1.82, 2.24) is 10.6 Å². The molecule has 1 heterocycles. The van der Waals surface area contributed by atoms with E-state index in [1.165, 1.54) is 19.3 Å². The number of aliphatic imine (C=N–C) groups is 1. The van der Waals surface area contributed by atoms with E-state index in [0.717, 1.165) is 62.7 Å². The molecule has 6 nitrogen and oxygen atoms in total. The predicted octanol–water partition coefficient (Wildman–Crippen LogP) is 4.08. The van der Waals surface area contributed by atoms with Gasteiger partial charge in [-0.2, -0.15) is 0 Å². The molecule has 2 N–H and O–H groups in total. The third kappa shape index (κ3) is 6.83. The Hall–Kier alpha value is -1.35. The molecule has 0 bridgehead atoms. The average Bonchev–Trinajstić information content (AvgIpc) is 2.71. The van der Waals surface area contributed by atoms with E-state index < -0.39 is 0 Å². The number of nitrogens with one attached hydrogen (secondary N) is 2. The standard InChI is InChI=1S/C23H36N4O2.HI/c1-3-24-22(26-18-23(12-6-13-23)14-16-29-2)25-17-19-8-10-20(11-9-19)27-15-5-4-7-21(27)28;/h8-11H,3-7,12-18H2,1-2H3,(H2,24,25,26);1H. The third-order valence-corrected chi connectivity index (χ3v) is 6.22. The minimum Gasteiger partial charge on any atom is -0.385 e. The first-order valence-corrected chi connectivity index (χ1v) is 11.1. The van der Waals surface area contributed by atoms with Crippen molar-refractivity contribution in [2.24, 2.45) is 10.4 Å². The highest BCUT2D eigenvalue weighted by atomic mass is 127. The first kappa shape index (κ1) is 24.9. The molecule has 3 rings (SSSR count). The van der Waals surface area contributed by atoms with Crippen LogP contribution in [0, 0.1) is 5.41 Å². The molecule has 1 aromatic rings. The number of benzene rings is 1. The number of halogens is 1. The molecule has 1 saturated carbocycles. The van der Waals surface area contributed by atoms with E-state index in [4.69, 9.17) is 9.73 Å². The van der Waals surface area contributed by atoms with E-state index in [0.29, 0.717) is 18.4 Å². The first-order chi connectivity index (χ1) is 14.2.